The first-order valence-electron chi connectivity index (χ1n) is 11.0. The average Bonchev–Trinajstić information content (AvgIpc) is 3.63. The van der Waals surface area contributed by atoms with Gasteiger partial charge in [0.25, 0.3) is 0 Å². The molecular formula is C23H30N2O5S2. The van der Waals surface area contributed by atoms with Crippen molar-refractivity contribution in [1.82, 2.24) is 8.61 Å². The Balaban J connectivity index is 1.55. The quantitative estimate of drug-likeness (QED) is 0.582. The van der Waals surface area contributed by atoms with Crippen molar-refractivity contribution in [3.05, 3.63) is 59.7 Å². The summed E-state index contributed by atoms with van der Waals surface area (Å²) in [5.74, 6) is 0.416. The van der Waals surface area contributed by atoms with E-state index < -0.39 is 20.0 Å². The Hall–Kier alpha value is -1.78. The molecule has 0 atom stereocenters. The molecule has 2 fully saturated rings. The largest absolute Gasteiger partial charge is 0.379 e. The SMILES string of the molecule is CC(C)c1ccc(CN(C2CC2)S(=O)(=O)c2ccc(S(=O)(=O)N3CCOCC3)cc2)cc1. The highest BCUT2D eigenvalue weighted by molar-refractivity contribution is 7.89. The summed E-state index contributed by atoms with van der Waals surface area (Å²) in [6, 6.07) is 13.6. The third kappa shape index (κ3) is 4.92. The summed E-state index contributed by atoms with van der Waals surface area (Å²) in [5.41, 5.74) is 2.16. The van der Waals surface area contributed by atoms with Crippen molar-refractivity contribution < 1.29 is 21.6 Å². The van der Waals surface area contributed by atoms with Gasteiger partial charge in [0.05, 0.1) is 23.0 Å². The molecule has 0 N–H and O–H groups in total. The van der Waals surface area contributed by atoms with E-state index in [9.17, 15) is 16.8 Å². The second-order valence-electron chi connectivity index (χ2n) is 8.67. The fraction of sp³-hybridized carbons (Fsp3) is 0.478. The maximum atomic E-state index is 13.4. The van der Waals surface area contributed by atoms with E-state index in [1.807, 2.05) is 24.3 Å². The predicted octanol–water partition coefficient (Wildman–Crippen LogP) is 3.18. The molecule has 0 unspecified atom stereocenters. The summed E-state index contributed by atoms with van der Waals surface area (Å²) < 4.78 is 60.6. The standard InChI is InChI=1S/C23H30N2O5S2/c1-18(2)20-5-3-19(4-6-20)17-25(21-7-8-21)32(28,29)23-11-9-22(10-12-23)31(26,27)24-13-15-30-16-14-24/h3-6,9-12,18,21H,7-8,13-17H2,1-2H3. The van der Waals surface area contributed by atoms with E-state index in [0.717, 1.165) is 18.4 Å². The number of ether oxygens (including phenoxy) is 1. The minimum absolute atomic E-state index is 0.0125. The van der Waals surface area contributed by atoms with Gasteiger partial charge in [-0.05, 0) is 54.2 Å². The Labute approximate surface area is 191 Å². The predicted molar refractivity (Wildman–Crippen MR) is 122 cm³/mol. The highest BCUT2D eigenvalue weighted by Crippen LogP contribution is 2.34. The van der Waals surface area contributed by atoms with Gasteiger partial charge < -0.3 is 4.74 Å². The van der Waals surface area contributed by atoms with Crippen LogP contribution in [-0.2, 0) is 31.3 Å². The van der Waals surface area contributed by atoms with E-state index in [2.05, 4.69) is 13.8 Å². The Morgan fingerprint density at radius 2 is 1.47 bits per heavy atom. The number of rotatable bonds is 8. The zero-order valence-electron chi connectivity index (χ0n) is 18.5. The van der Waals surface area contributed by atoms with Crippen molar-refractivity contribution in [3.63, 3.8) is 0 Å². The summed E-state index contributed by atoms with van der Waals surface area (Å²) >= 11 is 0. The Morgan fingerprint density at radius 1 is 0.906 bits per heavy atom. The molecule has 0 aromatic heterocycles. The van der Waals surface area contributed by atoms with Crippen molar-refractivity contribution in [2.24, 2.45) is 0 Å². The summed E-state index contributed by atoms with van der Waals surface area (Å²) in [6.07, 6.45) is 1.68. The van der Waals surface area contributed by atoms with Crippen LogP contribution in [0.5, 0.6) is 0 Å². The number of nitrogens with zero attached hydrogens (tertiary/aromatic N) is 2. The minimum Gasteiger partial charge on any atom is -0.379 e. The first-order valence-corrected chi connectivity index (χ1v) is 13.9. The second kappa shape index (κ2) is 9.23. The zero-order chi connectivity index (χ0) is 22.9. The van der Waals surface area contributed by atoms with Crippen LogP contribution in [0.15, 0.2) is 58.3 Å². The van der Waals surface area contributed by atoms with Crippen LogP contribution in [0.25, 0.3) is 0 Å². The van der Waals surface area contributed by atoms with Crippen LogP contribution in [0.1, 0.15) is 43.7 Å². The van der Waals surface area contributed by atoms with Crippen molar-refractivity contribution in [1.29, 1.82) is 0 Å². The molecule has 4 rings (SSSR count). The van der Waals surface area contributed by atoms with Gasteiger partial charge in [0.2, 0.25) is 20.0 Å². The smallest absolute Gasteiger partial charge is 0.243 e. The number of hydrogen-bond donors (Lipinski definition) is 0. The van der Waals surface area contributed by atoms with Crippen molar-refractivity contribution in [3.8, 4) is 0 Å². The molecule has 1 aliphatic carbocycles. The lowest BCUT2D eigenvalue weighted by atomic mass is 10.0. The third-order valence-electron chi connectivity index (χ3n) is 5.98. The highest BCUT2D eigenvalue weighted by Gasteiger charge is 2.38. The van der Waals surface area contributed by atoms with Gasteiger partial charge >= 0.3 is 0 Å². The van der Waals surface area contributed by atoms with Gasteiger partial charge in [-0.15, -0.1) is 0 Å². The fourth-order valence-electron chi connectivity index (χ4n) is 3.82. The first kappa shape index (κ1) is 23.4. The molecule has 9 heteroatoms. The second-order valence-corrected chi connectivity index (χ2v) is 12.5. The third-order valence-corrected chi connectivity index (χ3v) is 9.80. The molecule has 32 heavy (non-hydrogen) atoms. The van der Waals surface area contributed by atoms with E-state index in [-0.39, 0.29) is 15.8 Å². The lowest BCUT2D eigenvalue weighted by Gasteiger charge is -2.26. The fourth-order valence-corrected chi connectivity index (χ4v) is 6.90. The van der Waals surface area contributed by atoms with Crippen LogP contribution < -0.4 is 0 Å². The molecule has 1 heterocycles. The van der Waals surface area contributed by atoms with Crippen molar-refractivity contribution >= 4 is 20.0 Å². The van der Waals surface area contributed by atoms with Gasteiger partial charge in [-0.25, -0.2) is 16.8 Å². The van der Waals surface area contributed by atoms with Gasteiger partial charge in [0.15, 0.2) is 0 Å². The molecule has 1 aliphatic heterocycles. The molecule has 0 radical (unpaired) electrons. The van der Waals surface area contributed by atoms with E-state index in [1.54, 1.807) is 4.31 Å². The van der Waals surface area contributed by atoms with Crippen molar-refractivity contribution in [2.75, 3.05) is 26.3 Å². The molecule has 1 saturated heterocycles. The Morgan fingerprint density at radius 3 is 2.00 bits per heavy atom. The van der Waals surface area contributed by atoms with Gasteiger partial charge in [-0.1, -0.05) is 38.1 Å². The molecule has 2 aliphatic rings. The molecule has 0 amide bonds. The minimum atomic E-state index is -3.74. The maximum Gasteiger partial charge on any atom is 0.243 e. The summed E-state index contributed by atoms with van der Waals surface area (Å²) in [7, 11) is -7.41. The van der Waals surface area contributed by atoms with Crippen LogP contribution >= 0.6 is 0 Å². The van der Waals surface area contributed by atoms with E-state index >= 15 is 0 Å². The summed E-state index contributed by atoms with van der Waals surface area (Å²) in [6.45, 7) is 5.87. The van der Waals surface area contributed by atoms with E-state index in [1.165, 1.54) is 34.1 Å². The first-order chi connectivity index (χ1) is 15.2. The van der Waals surface area contributed by atoms with Gasteiger partial charge in [-0.2, -0.15) is 8.61 Å². The lowest BCUT2D eigenvalue weighted by molar-refractivity contribution is 0.0730. The van der Waals surface area contributed by atoms with Crippen molar-refractivity contribution in [2.45, 2.75) is 55.0 Å². The van der Waals surface area contributed by atoms with Gasteiger partial charge in [0, 0.05) is 25.7 Å². The maximum absolute atomic E-state index is 13.4. The number of morpholine rings is 1. The molecule has 1 saturated carbocycles. The molecule has 0 spiro atoms. The van der Waals surface area contributed by atoms with E-state index in [4.69, 9.17) is 4.74 Å². The number of hydrogen-bond acceptors (Lipinski definition) is 5. The van der Waals surface area contributed by atoms with Gasteiger partial charge in [-0.3, -0.25) is 0 Å². The van der Waals surface area contributed by atoms with Crippen LogP contribution in [0, 0.1) is 0 Å². The lowest BCUT2D eigenvalue weighted by Crippen LogP contribution is -2.40. The molecule has 2 aromatic rings. The number of sulfonamides is 2. The van der Waals surface area contributed by atoms with Crippen LogP contribution in [0.2, 0.25) is 0 Å². The summed E-state index contributed by atoms with van der Waals surface area (Å²) in [5, 5.41) is 0. The molecule has 0 bridgehead atoms. The molecule has 7 nitrogen and oxygen atoms in total. The normalized spacial score (nSPS) is 18.4. The Kier molecular flexibility index (Phi) is 6.74. The number of benzene rings is 2. The van der Waals surface area contributed by atoms with Crippen LogP contribution in [-0.4, -0.2) is 57.8 Å². The zero-order valence-corrected chi connectivity index (χ0v) is 20.1. The van der Waals surface area contributed by atoms with E-state index in [0.29, 0.717) is 38.8 Å². The van der Waals surface area contributed by atoms with Crippen LogP contribution in [0.4, 0.5) is 0 Å². The Bertz CT molecular complexity index is 1130. The topological polar surface area (TPSA) is 84.0 Å². The molecule has 2 aromatic carbocycles. The summed E-state index contributed by atoms with van der Waals surface area (Å²) in [4.78, 5) is 0.213. The monoisotopic (exact) mass is 478 g/mol. The highest BCUT2D eigenvalue weighted by atomic mass is 32.2. The van der Waals surface area contributed by atoms with Gasteiger partial charge in [0.1, 0.15) is 0 Å². The average molecular weight is 479 g/mol. The molecule has 174 valence electrons. The van der Waals surface area contributed by atoms with Crippen LogP contribution in [0.3, 0.4) is 0 Å². The molecular weight excluding hydrogens is 448 g/mol.